The fraction of sp³-hybridized carbons (Fsp3) is 0.500. The van der Waals surface area contributed by atoms with Gasteiger partial charge in [-0.15, -0.1) is 0 Å². The molecule has 20 heavy (non-hydrogen) atoms. The highest BCUT2D eigenvalue weighted by molar-refractivity contribution is 5.46. The van der Waals surface area contributed by atoms with Gasteiger partial charge in [-0.25, -0.2) is 0 Å². The van der Waals surface area contributed by atoms with Crippen molar-refractivity contribution in [2.24, 2.45) is 0 Å². The predicted octanol–water partition coefficient (Wildman–Crippen LogP) is 0.968. The van der Waals surface area contributed by atoms with Gasteiger partial charge < -0.3 is 14.8 Å². The molecule has 1 aliphatic heterocycles. The number of hydrogen-bond donors (Lipinski definition) is 1. The maximum atomic E-state index is 5.67. The number of methoxy groups -OCH3 is 1. The fourth-order valence-corrected chi connectivity index (χ4v) is 2.05. The summed E-state index contributed by atoms with van der Waals surface area (Å²) in [5.74, 6) is 7.28. The SMILES string of the molecule is COCCOc1ccccc1C#CCN1CCNCC1. The second kappa shape index (κ2) is 8.60. The Labute approximate surface area is 121 Å². The van der Waals surface area contributed by atoms with Crippen LogP contribution in [-0.2, 0) is 4.74 Å². The summed E-state index contributed by atoms with van der Waals surface area (Å²) in [6.07, 6.45) is 0. The first-order chi connectivity index (χ1) is 9.90. The molecule has 1 fully saturated rings. The summed E-state index contributed by atoms with van der Waals surface area (Å²) in [4.78, 5) is 2.36. The van der Waals surface area contributed by atoms with E-state index in [2.05, 4.69) is 22.1 Å². The summed E-state index contributed by atoms with van der Waals surface area (Å²) in [5, 5.41) is 3.34. The van der Waals surface area contributed by atoms with Gasteiger partial charge in [-0.05, 0) is 12.1 Å². The quantitative estimate of drug-likeness (QED) is 0.641. The monoisotopic (exact) mass is 274 g/mol. The number of benzene rings is 1. The van der Waals surface area contributed by atoms with Gasteiger partial charge in [-0.3, -0.25) is 4.90 Å². The summed E-state index contributed by atoms with van der Waals surface area (Å²) < 4.78 is 10.7. The molecule has 1 saturated heterocycles. The molecule has 0 saturated carbocycles. The van der Waals surface area contributed by atoms with Crippen molar-refractivity contribution < 1.29 is 9.47 Å². The molecule has 0 radical (unpaired) electrons. The third-order valence-electron chi connectivity index (χ3n) is 3.17. The molecule has 1 aromatic rings. The Morgan fingerprint density at radius 1 is 1.20 bits per heavy atom. The normalized spacial score (nSPS) is 15.4. The molecule has 4 heteroatoms. The standard InChI is InChI=1S/C16H22N2O2/c1-19-13-14-20-16-7-3-2-5-15(16)6-4-10-18-11-8-17-9-12-18/h2-3,5,7,17H,8-14H2,1H3. The smallest absolute Gasteiger partial charge is 0.135 e. The predicted molar refractivity (Wildman–Crippen MR) is 80.0 cm³/mol. The second-order valence-electron chi connectivity index (χ2n) is 4.67. The zero-order valence-corrected chi connectivity index (χ0v) is 12.0. The number of hydrogen-bond acceptors (Lipinski definition) is 4. The van der Waals surface area contributed by atoms with Crippen LogP contribution in [0.4, 0.5) is 0 Å². The molecule has 1 N–H and O–H groups in total. The molecule has 1 aromatic carbocycles. The average molecular weight is 274 g/mol. The van der Waals surface area contributed by atoms with Crippen LogP contribution in [-0.4, -0.2) is 57.9 Å². The number of nitrogens with zero attached hydrogens (tertiary/aromatic N) is 1. The zero-order valence-electron chi connectivity index (χ0n) is 12.0. The molecular formula is C16H22N2O2. The lowest BCUT2D eigenvalue weighted by Crippen LogP contribution is -2.43. The molecule has 108 valence electrons. The van der Waals surface area contributed by atoms with Gasteiger partial charge in [0.25, 0.3) is 0 Å². The van der Waals surface area contributed by atoms with Crippen LogP contribution in [0.5, 0.6) is 5.75 Å². The van der Waals surface area contributed by atoms with E-state index in [1.807, 2.05) is 24.3 Å². The van der Waals surface area contributed by atoms with Crippen LogP contribution in [0.3, 0.4) is 0 Å². The fourth-order valence-electron chi connectivity index (χ4n) is 2.05. The molecule has 0 amide bonds. The Kier molecular flexibility index (Phi) is 6.39. The van der Waals surface area contributed by atoms with Crippen LogP contribution in [0.2, 0.25) is 0 Å². The second-order valence-corrected chi connectivity index (χ2v) is 4.67. The zero-order chi connectivity index (χ0) is 14.0. The minimum Gasteiger partial charge on any atom is -0.490 e. The van der Waals surface area contributed by atoms with Crippen molar-refractivity contribution in [2.75, 3.05) is 53.0 Å². The third kappa shape index (κ3) is 4.86. The van der Waals surface area contributed by atoms with Crippen molar-refractivity contribution in [3.05, 3.63) is 29.8 Å². The van der Waals surface area contributed by atoms with Crippen LogP contribution in [0.1, 0.15) is 5.56 Å². The van der Waals surface area contributed by atoms with Crippen molar-refractivity contribution in [1.82, 2.24) is 10.2 Å². The first-order valence-corrected chi connectivity index (χ1v) is 7.03. The van der Waals surface area contributed by atoms with E-state index in [4.69, 9.17) is 9.47 Å². The van der Waals surface area contributed by atoms with Gasteiger partial charge in [0.05, 0.1) is 18.7 Å². The Morgan fingerprint density at radius 3 is 2.80 bits per heavy atom. The molecule has 0 unspecified atom stereocenters. The summed E-state index contributed by atoms with van der Waals surface area (Å²) in [6, 6.07) is 7.89. The Morgan fingerprint density at radius 2 is 2.00 bits per heavy atom. The first kappa shape index (κ1) is 14.9. The van der Waals surface area contributed by atoms with Crippen LogP contribution in [0.15, 0.2) is 24.3 Å². The van der Waals surface area contributed by atoms with Crippen molar-refractivity contribution in [2.45, 2.75) is 0 Å². The van der Waals surface area contributed by atoms with E-state index in [1.165, 1.54) is 0 Å². The summed E-state index contributed by atoms with van der Waals surface area (Å²) in [6.45, 7) is 6.20. The highest BCUT2D eigenvalue weighted by atomic mass is 16.5. The molecule has 0 bridgehead atoms. The van der Waals surface area contributed by atoms with E-state index in [1.54, 1.807) is 7.11 Å². The van der Waals surface area contributed by atoms with Crippen LogP contribution in [0, 0.1) is 11.8 Å². The molecule has 0 aliphatic carbocycles. The lowest BCUT2D eigenvalue weighted by Gasteiger charge is -2.24. The van der Waals surface area contributed by atoms with E-state index < -0.39 is 0 Å². The van der Waals surface area contributed by atoms with Gasteiger partial charge in [0, 0.05) is 33.3 Å². The van der Waals surface area contributed by atoms with Gasteiger partial charge in [0.2, 0.25) is 0 Å². The van der Waals surface area contributed by atoms with Crippen molar-refractivity contribution >= 4 is 0 Å². The van der Waals surface area contributed by atoms with Gasteiger partial charge >= 0.3 is 0 Å². The van der Waals surface area contributed by atoms with Gasteiger partial charge in [0.1, 0.15) is 12.4 Å². The number of piperazine rings is 1. The first-order valence-electron chi connectivity index (χ1n) is 7.03. The van der Waals surface area contributed by atoms with E-state index >= 15 is 0 Å². The van der Waals surface area contributed by atoms with Gasteiger partial charge in [0.15, 0.2) is 0 Å². The largest absolute Gasteiger partial charge is 0.490 e. The Bertz CT molecular complexity index is 459. The molecule has 1 aliphatic rings. The van der Waals surface area contributed by atoms with Crippen molar-refractivity contribution in [1.29, 1.82) is 0 Å². The highest BCUT2D eigenvalue weighted by Crippen LogP contribution is 2.16. The van der Waals surface area contributed by atoms with Crippen molar-refractivity contribution in [3.63, 3.8) is 0 Å². The van der Waals surface area contributed by atoms with E-state index in [0.717, 1.165) is 44.0 Å². The van der Waals surface area contributed by atoms with E-state index in [9.17, 15) is 0 Å². The third-order valence-corrected chi connectivity index (χ3v) is 3.17. The molecule has 0 spiro atoms. The maximum Gasteiger partial charge on any atom is 0.135 e. The maximum absolute atomic E-state index is 5.67. The number of para-hydroxylation sites is 1. The Balaban J connectivity index is 1.90. The molecular weight excluding hydrogens is 252 g/mol. The molecule has 4 nitrogen and oxygen atoms in total. The molecule has 1 heterocycles. The summed E-state index contributed by atoms with van der Waals surface area (Å²) >= 11 is 0. The minimum absolute atomic E-state index is 0.549. The van der Waals surface area contributed by atoms with E-state index in [-0.39, 0.29) is 0 Å². The van der Waals surface area contributed by atoms with Crippen LogP contribution < -0.4 is 10.1 Å². The number of ether oxygens (including phenoxy) is 2. The van der Waals surface area contributed by atoms with Crippen LogP contribution in [0.25, 0.3) is 0 Å². The average Bonchev–Trinajstić information content (AvgIpc) is 2.50. The summed E-state index contributed by atoms with van der Waals surface area (Å²) in [7, 11) is 1.67. The number of nitrogens with one attached hydrogen (secondary N) is 1. The lowest BCUT2D eigenvalue weighted by atomic mass is 10.2. The molecule has 2 rings (SSSR count). The van der Waals surface area contributed by atoms with Gasteiger partial charge in [-0.1, -0.05) is 24.0 Å². The van der Waals surface area contributed by atoms with E-state index in [0.29, 0.717) is 13.2 Å². The lowest BCUT2D eigenvalue weighted by molar-refractivity contribution is 0.146. The Hall–Kier alpha value is -1.54. The minimum atomic E-state index is 0.549. The van der Waals surface area contributed by atoms with Crippen LogP contribution >= 0.6 is 0 Å². The van der Waals surface area contributed by atoms with Crippen molar-refractivity contribution in [3.8, 4) is 17.6 Å². The summed E-state index contributed by atoms with van der Waals surface area (Å²) in [5.41, 5.74) is 0.943. The topological polar surface area (TPSA) is 33.7 Å². The number of rotatable bonds is 5. The van der Waals surface area contributed by atoms with Gasteiger partial charge in [-0.2, -0.15) is 0 Å². The highest BCUT2D eigenvalue weighted by Gasteiger charge is 2.07. The molecule has 0 atom stereocenters. The molecule has 0 aromatic heterocycles.